The average molecular weight is 364 g/mol. The molecule has 0 fully saturated rings. The number of halogens is 3. The fourth-order valence-corrected chi connectivity index (χ4v) is 2.76. The van der Waals surface area contributed by atoms with E-state index >= 15 is 0 Å². The van der Waals surface area contributed by atoms with E-state index in [0.717, 1.165) is 27.0 Å². The quantitative estimate of drug-likeness (QED) is 0.749. The van der Waals surface area contributed by atoms with E-state index in [2.05, 4.69) is 21.0 Å². The predicted octanol–water partition coefficient (Wildman–Crippen LogP) is 4.46. The van der Waals surface area contributed by atoms with Crippen LogP contribution in [0.15, 0.2) is 22.7 Å². The van der Waals surface area contributed by atoms with Gasteiger partial charge >= 0.3 is 0 Å². The van der Waals surface area contributed by atoms with Crippen LogP contribution in [0.1, 0.15) is 16.8 Å². The molecule has 2 aromatic rings. The van der Waals surface area contributed by atoms with Crippen molar-refractivity contribution in [2.45, 2.75) is 19.4 Å². The Morgan fingerprint density at radius 3 is 2.74 bits per heavy atom. The maximum Gasteiger partial charge on any atom is 0.138 e. The molecule has 0 saturated heterocycles. The number of aromatic nitrogens is 2. The summed E-state index contributed by atoms with van der Waals surface area (Å²) in [6.45, 7) is 2.28. The molecule has 102 valence electrons. The summed E-state index contributed by atoms with van der Waals surface area (Å²) < 4.78 is 8.37. The number of hydrogen-bond acceptors (Lipinski definition) is 2. The highest BCUT2D eigenvalue weighted by molar-refractivity contribution is 9.10. The fourth-order valence-electron chi connectivity index (χ4n) is 1.80. The Morgan fingerprint density at radius 1 is 1.42 bits per heavy atom. The molecule has 19 heavy (non-hydrogen) atoms. The van der Waals surface area contributed by atoms with Gasteiger partial charge in [0.2, 0.25) is 0 Å². The van der Waals surface area contributed by atoms with Crippen molar-refractivity contribution in [1.29, 1.82) is 0 Å². The van der Waals surface area contributed by atoms with E-state index < -0.39 is 0 Å². The summed E-state index contributed by atoms with van der Waals surface area (Å²) in [5.41, 5.74) is 2.70. The van der Waals surface area contributed by atoms with Crippen LogP contribution in [0.3, 0.4) is 0 Å². The van der Waals surface area contributed by atoms with E-state index in [0.29, 0.717) is 17.6 Å². The molecule has 1 aromatic carbocycles. The van der Waals surface area contributed by atoms with E-state index in [1.165, 1.54) is 0 Å². The summed E-state index contributed by atoms with van der Waals surface area (Å²) in [6.07, 6.45) is 0. The first-order valence-corrected chi connectivity index (χ1v) is 7.39. The van der Waals surface area contributed by atoms with Gasteiger partial charge in [-0.15, -0.1) is 11.6 Å². The predicted molar refractivity (Wildman–Crippen MR) is 81.0 cm³/mol. The summed E-state index contributed by atoms with van der Waals surface area (Å²) >= 11 is 15.6. The van der Waals surface area contributed by atoms with Crippen LogP contribution in [0.25, 0.3) is 0 Å². The number of benzene rings is 1. The Bertz CT molecular complexity index is 599. The van der Waals surface area contributed by atoms with Crippen molar-refractivity contribution in [1.82, 2.24) is 9.78 Å². The smallest absolute Gasteiger partial charge is 0.138 e. The Balaban J connectivity index is 2.24. The van der Waals surface area contributed by atoms with Crippen LogP contribution in [-0.4, -0.2) is 9.78 Å². The van der Waals surface area contributed by atoms with E-state index in [4.69, 9.17) is 27.9 Å². The third kappa shape index (κ3) is 3.07. The largest absolute Gasteiger partial charge is 0.487 e. The average Bonchev–Trinajstić information content (AvgIpc) is 2.62. The molecule has 2 rings (SSSR count). The molecule has 0 aliphatic carbocycles. The van der Waals surface area contributed by atoms with Crippen molar-refractivity contribution in [2.75, 3.05) is 0 Å². The maximum atomic E-state index is 6.18. The van der Waals surface area contributed by atoms with Crippen molar-refractivity contribution in [2.24, 2.45) is 7.05 Å². The second kappa shape index (κ2) is 6.16. The zero-order chi connectivity index (χ0) is 14.0. The molecule has 3 nitrogen and oxygen atoms in total. The number of alkyl halides is 1. The van der Waals surface area contributed by atoms with Crippen LogP contribution >= 0.6 is 39.1 Å². The molecule has 0 bridgehead atoms. The molecule has 0 atom stereocenters. The number of hydrogen-bond donors (Lipinski definition) is 0. The molecule has 0 unspecified atom stereocenters. The molecule has 0 aliphatic heterocycles. The lowest BCUT2D eigenvalue weighted by Crippen LogP contribution is -2.00. The van der Waals surface area contributed by atoms with Crippen molar-refractivity contribution in [3.05, 3.63) is 44.6 Å². The summed E-state index contributed by atoms with van der Waals surface area (Å²) in [7, 11) is 1.81. The van der Waals surface area contributed by atoms with Crippen LogP contribution < -0.4 is 4.74 Å². The van der Waals surface area contributed by atoms with Gasteiger partial charge in [-0.25, -0.2) is 0 Å². The third-order valence-corrected chi connectivity index (χ3v) is 4.21. The number of rotatable bonds is 4. The highest BCUT2D eigenvalue weighted by atomic mass is 79.9. The van der Waals surface area contributed by atoms with Gasteiger partial charge in [0.05, 0.1) is 16.0 Å². The van der Waals surface area contributed by atoms with Gasteiger partial charge in [-0.2, -0.15) is 5.10 Å². The molecule has 0 spiro atoms. The first-order chi connectivity index (χ1) is 9.04. The van der Waals surface area contributed by atoms with Crippen molar-refractivity contribution < 1.29 is 4.74 Å². The highest BCUT2D eigenvalue weighted by Gasteiger charge is 2.14. The monoisotopic (exact) mass is 362 g/mol. The van der Waals surface area contributed by atoms with E-state index in [9.17, 15) is 0 Å². The zero-order valence-corrected chi connectivity index (χ0v) is 13.7. The first kappa shape index (κ1) is 14.7. The third-order valence-electron chi connectivity index (χ3n) is 2.82. The zero-order valence-electron chi connectivity index (χ0n) is 10.6. The molecule has 0 N–H and O–H groups in total. The van der Waals surface area contributed by atoms with Crippen LogP contribution in [0.2, 0.25) is 5.15 Å². The lowest BCUT2D eigenvalue weighted by atomic mass is 10.2. The number of ether oxygens (including phenoxy) is 1. The van der Waals surface area contributed by atoms with Gasteiger partial charge in [-0.05, 0) is 28.9 Å². The molecule has 0 saturated carbocycles. The fraction of sp³-hybridized carbons (Fsp3) is 0.308. The number of nitrogens with zero attached hydrogens (tertiary/aromatic N) is 2. The molecule has 1 heterocycles. The Morgan fingerprint density at radius 2 is 2.16 bits per heavy atom. The van der Waals surface area contributed by atoms with Gasteiger partial charge in [0.1, 0.15) is 17.5 Å². The topological polar surface area (TPSA) is 27.1 Å². The van der Waals surface area contributed by atoms with E-state index in [-0.39, 0.29) is 0 Å². The second-order valence-corrected chi connectivity index (χ2v) is 5.61. The Hall–Kier alpha value is -0.710. The van der Waals surface area contributed by atoms with Crippen LogP contribution in [0, 0.1) is 6.92 Å². The minimum absolute atomic E-state index is 0.366. The molecule has 0 amide bonds. The standard InChI is InChI=1S/C13H13BrCl2N2O/c1-8-10(13(16)18(2)17-8)7-19-12-9(6-15)4-3-5-11(12)14/h3-5H,6-7H2,1-2H3. The second-order valence-electron chi connectivity index (χ2n) is 4.13. The van der Waals surface area contributed by atoms with Crippen molar-refractivity contribution in [3.8, 4) is 5.75 Å². The molecule has 0 aliphatic rings. The highest BCUT2D eigenvalue weighted by Crippen LogP contribution is 2.31. The molecular weight excluding hydrogens is 351 g/mol. The Kier molecular flexibility index (Phi) is 4.76. The first-order valence-electron chi connectivity index (χ1n) is 5.68. The lowest BCUT2D eigenvalue weighted by Gasteiger charge is -2.11. The van der Waals surface area contributed by atoms with Crippen LogP contribution in [0.5, 0.6) is 5.75 Å². The molecule has 1 aromatic heterocycles. The number of aryl methyl sites for hydroxylation is 2. The summed E-state index contributed by atoms with van der Waals surface area (Å²) in [5.74, 6) is 1.14. The van der Waals surface area contributed by atoms with E-state index in [1.54, 1.807) is 4.68 Å². The van der Waals surface area contributed by atoms with Crippen molar-refractivity contribution in [3.63, 3.8) is 0 Å². The van der Waals surface area contributed by atoms with Gasteiger partial charge in [-0.1, -0.05) is 23.7 Å². The van der Waals surface area contributed by atoms with Gasteiger partial charge in [0.15, 0.2) is 0 Å². The maximum absolute atomic E-state index is 6.18. The SMILES string of the molecule is Cc1nn(C)c(Cl)c1COc1c(Br)cccc1CCl. The summed E-state index contributed by atoms with van der Waals surface area (Å²) in [4.78, 5) is 0. The van der Waals surface area contributed by atoms with Gasteiger partial charge < -0.3 is 4.74 Å². The van der Waals surface area contributed by atoms with Crippen LogP contribution in [0.4, 0.5) is 0 Å². The van der Waals surface area contributed by atoms with E-state index in [1.807, 2.05) is 32.2 Å². The van der Waals surface area contributed by atoms with Crippen molar-refractivity contribution >= 4 is 39.1 Å². The molecule has 0 radical (unpaired) electrons. The van der Waals surface area contributed by atoms with Gasteiger partial charge in [0, 0.05) is 18.2 Å². The minimum Gasteiger partial charge on any atom is -0.487 e. The Labute approximate surface area is 130 Å². The lowest BCUT2D eigenvalue weighted by molar-refractivity contribution is 0.301. The van der Waals surface area contributed by atoms with Crippen LogP contribution in [-0.2, 0) is 19.5 Å². The number of para-hydroxylation sites is 1. The minimum atomic E-state index is 0.366. The van der Waals surface area contributed by atoms with Gasteiger partial charge in [0.25, 0.3) is 0 Å². The van der Waals surface area contributed by atoms with Gasteiger partial charge in [-0.3, -0.25) is 4.68 Å². The normalized spacial score (nSPS) is 10.8. The summed E-state index contributed by atoms with van der Waals surface area (Å²) in [5, 5.41) is 4.85. The summed E-state index contributed by atoms with van der Waals surface area (Å²) in [6, 6.07) is 5.78. The molecular formula is C13H13BrCl2N2O. The molecule has 6 heteroatoms.